The Balaban J connectivity index is 1.47. The summed E-state index contributed by atoms with van der Waals surface area (Å²) in [5.41, 5.74) is 0.850. The zero-order valence-corrected chi connectivity index (χ0v) is 15.3. The van der Waals surface area contributed by atoms with Crippen LogP contribution in [0, 0.1) is 0 Å². The van der Waals surface area contributed by atoms with Crippen molar-refractivity contribution < 1.29 is 4.79 Å². The normalized spacial score (nSPS) is 17.6. The van der Waals surface area contributed by atoms with E-state index in [0.717, 1.165) is 42.7 Å². The average molecular weight is 364 g/mol. The Morgan fingerprint density at radius 2 is 1.88 bits per heavy atom. The molecule has 2 heterocycles. The SMILES string of the molecule is C[C@@H](C(=O)Nc1ccccc1)N1CCN(Cc2ccc(Cl)s2)CC1. The Labute approximate surface area is 152 Å². The molecule has 3 rings (SSSR count). The third-order valence-electron chi connectivity index (χ3n) is 4.38. The van der Waals surface area contributed by atoms with E-state index in [1.54, 1.807) is 11.3 Å². The molecule has 0 saturated carbocycles. The molecule has 1 amide bonds. The van der Waals surface area contributed by atoms with Gasteiger partial charge in [-0.25, -0.2) is 0 Å². The fourth-order valence-electron chi connectivity index (χ4n) is 2.90. The van der Waals surface area contributed by atoms with E-state index in [1.165, 1.54) is 4.88 Å². The summed E-state index contributed by atoms with van der Waals surface area (Å²) in [5.74, 6) is 0.0553. The lowest BCUT2D eigenvalue weighted by Crippen LogP contribution is -2.52. The number of hydrogen-bond acceptors (Lipinski definition) is 4. The van der Waals surface area contributed by atoms with E-state index in [1.807, 2.05) is 43.3 Å². The fraction of sp³-hybridized carbons (Fsp3) is 0.389. The molecule has 6 heteroatoms. The largest absolute Gasteiger partial charge is 0.325 e. The molecule has 2 aromatic rings. The Morgan fingerprint density at radius 3 is 2.50 bits per heavy atom. The van der Waals surface area contributed by atoms with Crippen LogP contribution in [0.2, 0.25) is 4.34 Å². The van der Waals surface area contributed by atoms with Crippen molar-refractivity contribution in [3.63, 3.8) is 0 Å². The molecule has 1 saturated heterocycles. The van der Waals surface area contributed by atoms with Crippen LogP contribution >= 0.6 is 22.9 Å². The number of thiophene rings is 1. The van der Waals surface area contributed by atoms with Crippen LogP contribution in [0.5, 0.6) is 0 Å². The number of para-hydroxylation sites is 1. The van der Waals surface area contributed by atoms with Gasteiger partial charge in [0, 0.05) is 43.3 Å². The van der Waals surface area contributed by atoms with Gasteiger partial charge < -0.3 is 5.32 Å². The minimum absolute atomic E-state index is 0.0553. The molecule has 0 bridgehead atoms. The van der Waals surface area contributed by atoms with E-state index < -0.39 is 0 Å². The molecule has 1 fully saturated rings. The van der Waals surface area contributed by atoms with Crippen LogP contribution in [-0.2, 0) is 11.3 Å². The van der Waals surface area contributed by atoms with Gasteiger partial charge in [0.25, 0.3) is 0 Å². The van der Waals surface area contributed by atoms with Crippen molar-refractivity contribution in [3.8, 4) is 0 Å². The number of carbonyl (C=O) groups is 1. The van der Waals surface area contributed by atoms with Gasteiger partial charge in [-0.15, -0.1) is 11.3 Å². The lowest BCUT2D eigenvalue weighted by molar-refractivity contribution is -0.121. The third-order valence-corrected chi connectivity index (χ3v) is 5.60. The molecule has 1 aromatic heterocycles. The van der Waals surface area contributed by atoms with Crippen molar-refractivity contribution in [1.82, 2.24) is 9.80 Å². The number of nitrogens with zero attached hydrogens (tertiary/aromatic N) is 2. The van der Waals surface area contributed by atoms with Crippen molar-refractivity contribution in [2.24, 2.45) is 0 Å². The molecule has 0 unspecified atom stereocenters. The summed E-state index contributed by atoms with van der Waals surface area (Å²) in [6, 6.07) is 13.5. The number of piperazine rings is 1. The lowest BCUT2D eigenvalue weighted by atomic mass is 10.2. The van der Waals surface area contributed by atoms with E-state index in [-0.39, 0.29) is 11.9 Å². The van der Waals surface area contributed by atoms with Crippen LogP contribution in [-0.4, -0.2) is 47.9 Å². The van der Waals surface area contributed by atoms with E-state index >= 15 is 0 Å². The molecule has 0 aliphatic carbocycles. The monoisotopic (exact) mass is 363 g/mol. The van der Waals surface area contributed by atoms with Gasteiger partial charge in [-0.1, -0.05) is 29.8 Å². The van der Waals surface area contributed by atoms with E-state index in [9.17, 15) is 4.79 Å². The third kappa shape index (κ3) is 4.57. The van der Waals surface area contributed by atoms with Gasteiger partial charge >= 0.3 is 0 Å². The van der Waals surface area contributed by atoms with E-state index in [0.29, 0.717) is 0 Å². The van der Waals surface area contributed by atoms with Crippen molar-refractivity contribution >= 4 is 34.5 Å². The summed E-state index contributed by atoms with van der Waals surface area (Å²) >= 11 is 7.63. The van der Waals surface area contributed by atoms with Crippen LogP contribution in [0.15, 0.2) is 42.5 Å². The quantitative estimate of drug-likeness (QED) is 0.882. The van der Waals surface area contributed by atoms with E-state index in [4.69, 9.17) is 11.6 Å². The molecule has 1 atom stereocenters. The molecule has 1 aliphatic rings. The minimum atomic E-state index is -0.122. The molecular weight excluding hydrogens is 342 g/mol. The second-order valence-corrected chi connectivity index (χ2v) is 7.85. The molecule has 1 N–H and O–H groups in total. The standard InChI is InChI=1S/C18H22ClN3OS/c1-14(18(23)20-15-5-3-2-4-6-15)22-11-9-21(10-12-22)13-16-7-8-17(19)24-16/h2-8,14H,9-13H2,1H3,(H,20,23)/t14-/m0/s1. The highest BCUT2D eigenvalue weighted by molar-refractivity contribution is 7.16. The highest BCUT2D eigenvalue weighted by Crippen LogP contribution is 2.23. The minimum Gasteiger partial charge on any atom is -0.325 e. The molecule has 1 aliphatic heterocycles. The van der Waals surface area contributed by atoms with Crippen LogP contribution in [0.1, 0.15) is 11.8 Å². The Hall–Kier alpha value is -1.40. The molecular formula is C18H22ClN3OS. The van der Waals surface area contributed by atoms with Gasteiger partial charge in [-0.3, -0.25) is 14.6 Å². The Kier molecular flexibility index (Phi) is 5.89. The molecule has 128 valence electrons. The van der Waals surface area contributed by atoms with Crippen molar-refractivity contribution in [2.45, 2.75) is 19.5 Å². The van der Waals surface area contributed by atoms with Crippen molar-refractivity contribution in [2.75, 3.05) is 31.5 Å². The Morgan fingerprint density at radius 1 is 1.17 bits per heavy atom. The first-order chi connectivity index (χ1) is 11.6. The molecule has 0 radical (unpaired) electrons. The topological polar surface area (TPSA) is 35.6 Å². The highest BCUT2D eigenvalue weighted by Gasteiger charge is 2.25. The second kappa shape index (κ2) is 8.12. The van der Waals surface area contributed by atoms with Gasteiger partial charge in [0.15, 0.2) is 0 Å². The number of anilines is 1. The molecule has 4 nitrogen and oxygen atoms in total. The molecule has 24 heavy (non-hydrogen) atoms. The number of halogens is 1. The van der Waals surface area contributed by atoms with Crippen molar-refractivity contribution in [3.05, 3.63) is 51.7 Å². The first kappa shape index (κ1) is 17.4. The van der Waals surface area contributed by atoms with Crippen LogP contribution in [0.3, 0.4) is 0 Å². The van der Waals surface area contributed by atoms with Gasteiger partial charge in [0.05, 0.1) is 10.4 Å². The zero-order chi connectivity index (χ0) is 16.9. The summed E-state index contributed by atoms with van der Waals surface area (Å²) in [4.78, 5) is 18.4. The Bertz CT molecular complexity index is 668. The van der Waals surface area contributed by atoms with Gasteiger partial charge in [0.1, 0.15) is 0 Å². The fourth-order valence-corrected chi connectivity index (χ4v) is 4.03. The maximum atomic E-state index is 12.4. The summed E-state index contributed by atoms with van der Waals surface area (Å²) in [6.45, 7) is 6.67. The van der Waals surface area contributed by atoms with Gasteiger partial charge in [0.2, 0.25) is 5.91 Å². The number of rotatable bonds is 5. The molecule has 0 spiro atoms. The first-order valence-corrected chi connectivity index (χ1v) is 9.38. The molecule has 1 aromatic carbocycles. The number of carbonyl (C=O) groups excluding carboxylic acids is 1. The van der Waals surface area contributed by atoms with Gasteiger partial charge in [-0.2, -0.15) is 0 Å². The summed E-state index contributed by atoms with van der Waals surface area (Å²) in [5, 5.41) is 2.99. The zero-order valence-electron chi connectivity index (χ0n) is 13.7. The summed E-state index contributed by atoms with van der Waals surface area (Å²) in [7, 11) is 0. The lowest BCUT2D eigenvalue weighted by Gasteiger charge is -2.37. The average Bonchev–Trinajstić information content (AvgIpc) is 3.00. The summed E-state index contributed by atoms with van der Waals surface area (Å²) in [6.07, 6.45) is 0. The van der Waals surface area contributed by atoms with Crippen LogP contribution in [0.25, 0.3) is 0 Å². The predicted molar refractivity (Wildman–Crippen MR) is 101 cm³/mol. The van der Waals surface area contributed by atoms with Gasteiger partial charge in [-0.05, 0) is 31.2 Å². The van der Waals surface area contributed by atoms with Crippen LogP contribution in [0.4, 0.5) is 5.69 Å². The predicted octanol–water partition coefficient (Wildman–Crippen LogP) is 3.55. The van der Waals surface area contributed by atoms with E-state index in [2.05, 4.69) is 21.2 Å². The second-order valence-electron chi connectivity index (χ2n) is 6.05. The number of amides is 1. The maximum absolute atomic E-state index is 12.4. The number of nitrogens with one attached hydrogen (secondary N) is 1. The number of hydrogen-bond donors (Lipinski definition) is 1. The number of benzene rings is 1. The summed E-state index contributed by atoms with van der Waals surface area (Å²) < 4.78 is 0.842. The first-order valence-electron chi connectivity index (χ1n) is 8.18. The highest BCUT2D eigenvalue weighted by atomic mass is 35.5. The van der Waals surface area contributed by atoms with Crippen molar-refractivity contribution in [1.29, 1.82) is 0 Å². The van der Waals surface area contributed by atoms with Crippen LogP contribution < -0.4 is 5.32 Å². The maximum Gasteiger partial charge on any atom is 0.241 e. The smallest absolute Gasteiger partial charge is 0.241 e.